The van der Waals surface area contributed by atoms with E-state index in [1.807, 2.05) is 0 Å². The maximum Gasteiger partial charge on any atom is 1.00 e. The maximum atomic E-state index is 11.4. The van der Waals surface area contributed by atoms with Crippen molar-refractivity contribution in [1.82, 2.24) is 4.90 Å². The molecule has 76 valence electrons. The zero-order valence-corrected chi connectivity index (χ0v) is 10.6. The normalized spacial score (nSPS) is 29.9. The zero-order valence-electron chi connectivity index (χ0n) is 8.64. The van der Waals surface area contributed by atoms with E-state index in [4.69, 9.17) is 0 Å². The van der Waals surface area contributed by atoms with Crippen LogP contribution in [0, 0.1) is 5.92 Å². The van der Waals surface area contributed by atoms with Crippen molar-refractivity contribution >= 4 is 11.9 Å². The smallest absolute Gasteiger partial charge is 0.543 e. The number of amides is 1. The third-order valence-corrected chi connectivity index (χ3v) is 2.81. The van der Waals surface area contributed by atoms with Gasteiger partial charge in [0, 0.05) is 0 Å². The van der Waals surface area contributed by atoms with Crippen LogP contribution in [0.4, 0.5) is 0 Å². The second-order valence-electron chi connectivity index (χ2n) is 3.65. The number of aliphatic hydroxyl groups is 1. The number of fused-ring (bicyclic) bond motifs is 1. The van der Waals surface area contributed by atoms with Crippen LogP contribution in [0.2, 0.25) is 0 Å². The van der Waals surface area contributed by atoms with E-state index in [0.29, 0.717) is 6.42 Å². The molecule has 0 aromatic rings. The fourth-order valence-electron chi connectivity index (χ4n) is 2.16. The Morgan fingerprint density at radius 2 is 2.33 bits per heavy atom. The van der Waals surface area contributed by atoms with Crippen LogP contribution in [0.5, 0.6) is 0 Å². The Bertz CT molecular complexity index is 339. The number of hydrogen-bond acceptors (Lipinski definition) is 4. The Labute approximate surface area is 109 Å². The van der Waals surface area contributed by atoms with Gasteiger partial charge in [0.2, 0.25) is 5.91 Å². The summed E-state index contributed by atoms with van der Waals surface area (Å²) in [4.78, 5) is 23.2. The average molecular weight is 219 g/mol. The fourth-order valence-corrected chi connectivity index (χ4v) is 2.16. The van der Waals surface area contributed by atoms with Crippen molar-refractivity contribution < 1.29 is 49.4 Å². The molecule has 2 rings (SSSR count). The minimum atomic E-state index is -1.33. The Morgan fingerprint density at radius 1 is 1.73 bits per heavy atom. The molecule has 15 heavy (non-hydrogen) atoms. The summed E-state index contributed by atoms with van der Waals surface area (Å²) in [6, 6.07) is -0.185. The summed E-state index contributed by atoms with van der Waals surface area (Å²) >= 11 is 0. The van der Waals surface area contributed by atoms with Crippen molar-refractivity contribution in [3.8, 4) is 0 Å². The first-order valence-corrected chi connectivity index (χ1v) is 4.46. The second kappa shape index (κ2) is 4.25. The van der Waals surface area contributed by atoms with E-state index in [0.717, 1.165) is 0 Å². The molecule has 0 aliphatic carbocycles. The summed E-state index contributed by atoms with van der Waals surface area (Å²) in [7, 11) is 0. The van der Waals surface area contributed by atoms with E-state index >= 15 is 0 Å². The molecule has 2 aliphatic rings. The Balaban J connectivity index is 0.00000112. The van der Waals surface area contributed by atoms with Crippen LogP contribution >= 0.6 is 0 Å². The van der Waals surface area contributed by atoms with Crippen molar-refractivity contribution in [2.75, 3.05) is 0 Å². The van der Waals surface area contributed by atoms with E-state index in [1.54, 1.807) is 0 Å². The quantitative estimate of drug-likeness (QED) is 0.373. The van der Waals surface area contributed by atoms with Gasteiger partial charge in [-0.3, -0.25) is 4.79 Å². The number of carbonyl (C=O) groups is 2. The van der Waals surface area contributed by atoms with E-state index in [-0.39, 0.29) is 47.2 Å². The minimum absolute atomic E-state index is 0. The van der Waals surface area contributed by atoms with Gasteiger partial charge in [-0.05, 0) is 13.3 Å². The number of carbonyl (C=O) groups excluding carboxylic acids is 2. The number of aliphatic carboxylic acids is 1. The van der Waals surface area contributed by atoms with Gasteiger partial charge in [0.15, 0.2) is 0 Å². The molecule has 5 nitrogen and oxygen atoms in total. The number of nitrogens with zero attached hydrogens (tertiary/aromatic N) is 1. The first-order valence-electron chi connectivity index (χ1n) is 4.46. The van der Waals surface area contributed by atoms with Gasteiger partial charge in [0.05, 0.1) is 29.7 Å². The Kier molecular flexibility index (Phi) is 3.60. The molecule has 0 saturated carbocycles. The maximum absolute atomic E-state index is 11.4. The van der Waals surface area contributed by atoms with Crippen LogP contribution in [0.15, 0.2) is 11.8 Å². The minimum Gasteiger partial charge on any atom is -0.543 e. The van der Waals surface area contributed by atoms with E-state index in [9.17, 15) is 19.8 Å². The summed E-state index contributed by atoms with van der Waals surface area (Å²) in [5, 5.41) is 19.9. The van der Waals surface area contributed by atoms with Gasteiger partial charge in [-0.25, -0.2) is 0 Å². The summed E-state index contributed by atoms with van der Waals surface area (Å²) in [5.74, 6) is -2.11. The first kappa shape index (κ1) is 12.7. The summed E-state index contributed by atoms with van der Waals surface area (Å²) in [6.07, 6.45) is 1.24. The van der Waals surface area contributed by atoms with Crippen molar-refractivity contribution in [2.24, 2.45) is 5.92 Å². The molecule has 1 saturated heterocycles. The average Bonchev–Trinajstić information content (AvgIpc) is 2.42. The van der Waals surface area contributed by atoms with E-state index in [1.165, 1.54) is 17.9 Å². The standard InChI is InChI=1S/C9H11NO4.Na/c1-4(11)7-5-2-3-6(9(13)14)10(5)8(7)12;/h3-5,7,11H,2H2,1H3,(H,13,14);/q;+1/p-1/t4?,5-,7+;/m0./s1. The molecular formula is C9H10NNaO4. The first-order chi connectivity index (χ1) is 6.54. The molecule has 0 bridgehead atoms. The van der Waals surface area contributed by atoms with Crippen LogP contribution in [0.1, 0.15) is 13.3 Å². The molecule has 2 aliphatic heterocycles. The molecule has 0 aromatic carbocycles. The van der Waals surface area contributed by atoms with Crippen LogP contribution in [0.25, 0.3) is 0 Å². The van der Waals surface area contributed by atoms with E-state index < -0.39 is 18.0 Å². The van der Waals surface area contributed by atoms with Crippen molar-refractivity contribution in [3.63, 3.8) is 0 Å². The van der Waals surface area contributed by atoms with Gasteiger partial charge in [0.1, 0.15) is 0 Å². The molecule has 1 N–H and O–H groups in total. The molecule has 1 amide bonds. The molecule has 0 spiro atoms. The molecular weight excluding hydrogens is 209 g/mol. The monoisotopic (exact) mass is 219 g/mol. The summed E-state index contributed by atoms with van der Waals surface area (Å²) in [6.45, 7) is 1.54. The number of carboxylic acids is 1. The Hall–Kier alpha value is -0.360. The summed E-state index contributed by atoms with van der Waals surface area (Å²) in [5.41, 5.74) is -0.0584. The predicted octanol–water partition coefficient (Wildman–Crippen LogP) is -4.76. The van der Waals surface area contributed by atoms with Crippen LogP contribution < -0.4 is 34.7 Å². The van der Waals surface area contributed by atoms with Crippen molar-refractivity contribution in [1.29, 1.82) is 0 Å². The fraction of sp³-hybridized carbons (Fsp3) is 0.556. The molecule has 2 heterocycles. The van der Waals surface area contributed by atoms with Gasteiger partial charge in [-0.2, -0.15) is 0 Å². The van der Waals surface area contributed by atoms with Crippen LogP contribution in [-0.4, -0.2) is 34.0 Å². The molecule has 1 fully saturated rings. The van der Waals surface area contributed by atoms with Crippen molar-refractivity contribution in [3.05, 3.63) is 11.8 Å². The molecule has 0 radical (unpaired) electrons. The number of rotatable bonds is 2. The van der Waals surface area contributed by atoms with Gasteiger partial charge < -0.3 is 19.9 Å². The molecule has 1 unspecified atom stereocenters. The van der Waals surface area contributed by atoms with Gasteiger partial charge >= 0.3 is 29.6 Å². The van der Waals surface area contributed by atoms with Crippen LogP contribution in [0.3, 0.4) is 0 Å². The zero-order chi connectivity index (χ0) is 10.5. The predicted molar refractivity (Wildman–Crippen MR) is 43.5 cm³/mol. The van der Waals surface area contributed by atoms with Gasteiger partial charge in [0.25, 0.3) is 0 Å². The third kappa shape index (κ3) is 1.73. The second-order valence-corrected chi connectivity index (χ2v) is 3.65. The third-order valence-electron chi connectivity index (χ3n) is 2.81. The van der Waals surface area contributed by atoms with Gasteiger partial charge in [-0.1, -0.05) is 6.08 Å². The topological polar surface area (TPSA) is 80.7 Å². The molecule has 0 aromatic heterocycles. The largest absolute Gasteiger partial charge is 1.00 e. The number of carboxylic acid groups (broad SMARTS) is 1. The van der Waals surface area contributed by atoms with E-state index in [2.05, 4.69) is 0 Å². The Morgan fingerprint density at radius 3 is 2.80 bits per heavy atom. The molecule has 3 atom stereocenters. The number of β-lactam (4-membered cyclic amide) rings is 1. The van der Waals surface area contributed by atoms with Crippen LogP contribution in [-0.2, 0) is 9.59 Å². The van der Waals surface area contributed by atoms with Gasteiger partial charge in [-0.15, -0.1) is 0 Å². The SMILES string of the molecule is CC(O)[C@H]1C(=O)N2C(C(=O)[O-])=CC[C@@H]12.[Na+]. The summed E-state index contributed by atoms with van der Waals surface area (Å²) < 4.78 is 0. The van der Waals surface area contributed by atoms with Crippen molar-refractivity contribution in [2.45, 2.75) is 25.5 Å². The number of aliphatic hydroxyl groups excluding tert-OH is 1. The number of hydrogen-bond donors (Lipinski definition) is 1. The molecule has 6 heteroatoms.